The SMILES string of the molecule is COc1cccc(NC(=O)COC(=O)/C=C/c2ccc(Br)cc2)c1. The first-order valence-electron chi connectivity index (χ1n) is 7.11. The third-order valence-corrected chi connectivity index (χ3v) is 3.51. The number of nitrogens with one attached hydrogen (secondary N) is 1. The van der Waals surface area contributed by atoms with Crippen molar-refractivity contribution in [2.45, 2.75) is 0 Å². The second kappa shape index (κ2) is 8.88. The molecule has 124 valence electrons. The highest BCUT2D eigenvalue weighted by Crippen LogP contribution is 2.16. The zero-order valence-corrected chi connectivity index (χ0v) is 14.6. The van der Waals surface area contributed by atoms with Crippen LogP contribution in [-0.4, -0.2) is 25.6 Å². The van der Waals surface area contributed by atoms with Crippen LogP contribution in [-0.2, 0) is 14.3 Å². The summed E-state index contributed by atoms with van der Waals surface area (Å²) in [5.74, 6) is -0.380. The van der Waals surface area contributed by atoms with Crippen LogP contribution < -0.4 is 10.1 Å². The Morgan fingerprint density at radius 3 is 2.62 bits per heavy atom. The maximum absolute atomic E-state index is 11.8. The second-order valence-corrected chi connectivity index (χ2v) is 5.69. The van der Waals surface area contributed by atoms with Crippen molar-refractivity contribution in [1.29, 1.82) is 0 Å². The number of methoxy groups -OCH3 is 1. The van der Waals surface area contributed by atoms with Crippen molar-refractivity contribution >= 4 is 39.6 Å². The monoisotopic (exact) mass is 389 g/mol. The Labute approximate surface area is 148 Å². The summed E-state index contributed by atoms with van der Waals surface area (Å²) >= 11 is 3.33. The van der Waals surface area contributed by atoms with Crippen LogP contribution in [0.2, 0.25) is 0 Å². The number of anilines is 1. The molecule has 0 aliphatic carbocycles. The Morgan fingerprint density at radius 2 is 1.92 bits per heavy atom. The van der Waals surface area contributed by atoms with Crippen molar-refractivity contribution < 1.29 is 19.1 Å². The highest BCUT2D eigenvalue weighted by atomic mass is 79.9. The standard InChI is InChI=1S/C18H16BrNO4/c1-23-16-4-2-3-15(11-16)20-17(21)12-24-18(22)10-7-13-5-8-14(19)9-6-13/h2-11H,12H2,1H3,(H,20,21)/b10-7+. The molecule has 0 atom stereocenters. The molecule has 0 fully saturated rings. The number of hydrogen-bond acceptors (Lipinski definition) is 4. The first kappa shape index (κ1) is 17.7. The molecule has 0 saturated carbocycles. The summed E-state index contributed by atoms with van der Waals surface area (Å²) in [5, 5.41) is 2.63. The molecule has 6 heteroatoms. The lowest BCUT2D eigenvalue weighted by atomic mass is 10.2. The number of carbonyl (C=O) groups is 2. The summed E-state index contributed by atoms with van der Waals surface area (Å²) in [6.45, 7) is -0.360. The zero-order chi connectivity index (χ0) is 17.4. The summed E-state index contributed by atoms with van der Waals surface area (Å²) in [5.41, 5.74) is 1.43. The van der Waals surface area contributed by atoms with Crippen LogP contribution in [0.5, 0.6) is 5.75 Å². The minimum Gasteiger partial charge on any atom is -0.497 e. The minimum absolute atomic E-state index is 0.360. The number of amides is 1. The molecule has 5 nitrogen and oxygen atoms in total. The van der Waals surface area contributed by atoms with Crippen LogP contribution in [0.3, 0.4) is 0 Å². The van der Waals surface area contributed by atoms with Gasteiger partial charge in [0.1, 0.15) is 5.75 Å². The first-order valence-corrected chi connectivity index (χ1v) is 7.90. The van der Waals surface area contributed by atoms with Gasteiger partial charge in [0.2, 0.25) is 0 Å². The van der Waals surface area contributed by atoms with Gasteiger partial charge in [-0.15, -0.1) is 0 Å². The van der Waals surface area contributed by atoms with Gasteiger partial charge >= 0.3 is 5.97 Å². The van der Waals surface area contributed by atoms with Gasteiger partial charge in [-0.1, -0.05) is 34.1 Å². The number of rotatable bonds is 6. The fourth-order valence-corrected chi connectivity index (χ4v) is 2.09. The molecule has 2 aromatic carbocycles. The fraction of sp³-hybridized carbons (Fsp3) is 0.111. The molecule has 2 aromatic rings. The quantitative estimate of drug-likeness (QED) is 0.604. The van der Waals surface area contributed by atoms with Gasteiger partial charge in [-0.3, -0.25) is 4.79 Å². The van der Waals surface area contributed by atoms with E-state index in [0.717, 1.165) is 10.0 Å². The van der Waals surface area contributed by atoms with Gasteiger partial charge in [-0.2, -0.15) is 0 Å². The lowest BCUT2D eigenvalue weighted by Crippen LogP contribution is -2.20. The van der Waals surface area contributed by atoms with Gasteiger partial charge < -0.3 is 14.8 Å². The number of benzene rings is 2. The van der Waals surface area contributed by atoms with E-state index in [1.165, 1.54) is 6.08 Å². The topological polar surface area (TPSA) is 64.6 Å². The maximum atomic E-state index is 11.8. The molecule has 0 radical (unpaired) electrons. The first-order chi connectivity index (χ1) is 11.6. The Kier molecular flexibility index (Phi) is 6.57. The van der Waals surface area contributed by atoms with E-state index in [-0.39, 0.29) is 6.61 Å². The molecule has 1 N–H and O–H groups in total. The molecule has 1 amide bonds. The molecular formula is C18H16BrNO4. The van der Waals surface area contributed by atoms with Gasteiger partial charge in [-0.05, 0) is 35.9 Å². The van der Waals surface area contributed by atoms with Crippen LogP contribution >= 0.6 is 15.9 Å². The van der Waals surface area contributed by atoms with Gasteiger partial charge in [0.05, 0.1) is 7.11 Å². The summed E-state index contributed by atoms with van der Waals surface area (Å²) in [7, 11) is 1.54. The largest absolute Gasteiger partial charge is 0.497 e. The van der Waals surface area contributed by atoms with Crippen LogP contribution in [0, 0.1) is 0 Å². The Hall–Kier alpha value is -2.60. The minimum atomic E-state index is -0.585. The van der Waals surface area contributed by atoms with Crippen molar-refractivity contribution in [3.8, 4) is 5.75 Å². The predicted molar refractivity (Wildman–Crippen MR) is 95.8 cm³/mol. The molecule has 0 aliphatic heterocycles. The molecule has 0 heterocycles. The van der Waals surface area contributed by atoms with Crippen LogP contribution in [0.25, 0.3) is 6.08 Å². The van der Waals surface area contributed by atoms with E-state index < -0.39 is 11.9 Å². The molecule has 2 rings (SSSR count). The third-order valence-electron chi connectivity index (χ3n) is 2.98. The number of esters is 1. The van der Waals surface area contributed by atoms with Crippen molar-refractivity contribution in [3.63, 3.8) is 0 Å². The van der Waals surface area contributed by atoms with Crippen molar-refractivity contribution in [3.05, 3.63) is 64.6 Å². The molecular weight excluding hydrogens is 374 g/mol. The fourth-order valence-electron chi connectivity index (χ4n) is 1.82. The average Bonchev–Trinajstić information content (AvgIpc) is 2.59. The second-order valence-electron chi connectivity index (χ2n) is 4.77. The van der Waals surface area contributed by atoms with E-state index in [4.69, 9.17) is 9.47 Å². The third kappa shape index (κ3) is 5.89. The van der Waals surface area contributed by atoms with E-state index in [1.54, 1.807) is 37.5 Å². The number of ether oxygens (including phenoxy) is 2. The highest BCUT2D eigenvalue weighted by molar-refractivity contribution is 9.10. The van der Waals surface area contributed by atoms with E-state index in [1.807, 2.05) is 24.3 Å². The normalized spacial score (nSPS) is 10.4. The molecule has 24 heavy (non-hydrogen) atoms. The van der Waals surface area contributed by atoms with Crippen LogP contribution in [0.1, 0.15) is 5.56 Å². The van der Waals surface area contributed by atoms with Gasteiger partial charge in [0.25, 0.3) is 5.91 Å². The Balaban J connectivity index is 1.80. The van der Waals surface area contributed by atoms with E-state index >= 15 is 0 Å². The van der Waals surface area contributed by atoms with Crippen LogP contribution in [0.15, 0.2) is 59.1 Å². The number of halogens is 1. The average molecular weight is 390 g/mol. The van der Waals surface area contributed by atoms with E-state index in [9.17, 15) is 9.59 Å². The van der Waals surface area contributed by atoms with E-state index in [0.29, 0.717) is 11.4 Å². The van der Waals surface area contributed by atoms with Crippen molar-refractivity contribution in [2.24, 2.45) is 0 Å². The smallest absolute Gasteiger partial charge is 0.331 e. The van der Waals surface area contributed by atoms with Crippen LogP contribution in [0.4, 0.5) is 5.69 Å². The summed E-state index contributed by atoms with van der Waals surface area (Å²) in [6.07, 6.45) is 2.90. The summed E-state index contributed by atoms with van der Waals surface area (Å²) in [4.78, 5) is 23.4. The number of carbonyl (C=O) groups excluding carboxylic acids is 2. The van der Waals surface area contributed by atoms with Crippen molar-refractivity contribution in [2.75, 3.05) is 19.0 Å². The Morgan fingerprint density at radius 1 is 1.17 bits per heavy atom. The van der Waals surface area contributed by atoms with Crippen molar-refractivity contribution in [1.82, 2.24) is 0 Å². The summed E-state index contributed by atoms with van der Waals surface area (Å²) < 4.78 is 10.9. The lowest BCUT2D eigenvalue weighted by molar-refractivity contribution is -0.142. The summed E-state index contributed by atoms with van der Waals surface area (Å²) in [6, 6.07) is 14.3. The predicted octanol–water partition coefficient (Wildman–Crippen LogP) is 3.65. The highest BCUT2D eigenvalue weighted by Gasteiger charge is 2.06. The maximum Gasteiger partial charge on any atom is 0.331 e. The molecule has 0 aliphatic rings. The molecule has 0 saturated heterocycles. The molecule has 0 aromatic heterocycles. The van der Waals surface area contributed by atoms with Gasteiger partial charge in [0.15, 0.2) is 6.61 Å². The molecule has 0 unspecified atom stereocenters. The van der Waals surface area contributed by atoms with Gasteiger partial charge in [0, 0.05) is 22.3 Å². The zero-order valence-electron chi connectivity index (χ0n) is 13.0. The Bertz CT molecular complexity index is 741. The van der Waals surface area contributed by atoms with E-state index in [2.05, 4.69) is 21.2 Å². The van der Waals surface area contributed by atoms with Gasteiger partial charge in [-0.25, -0.2) is 4.79 Å². The number of hydrogen-bond donors (Lipinski definition) is 1. The lowest BCUT2D eigenvalue weighted by Gasteiger charge is -2.07. The molecule has 0 spiro atoms. The molecule has 0 bridgehead atoms.